The van der Waals surface area contributed by atoms with Gasteiger partial charge >= 0.3 is 0 Å². The molecule has 1 atom stereocenters. The molecule has 2 saturated heterocycles. The van der Waals surface area contributed by atoms with E-state index in [1.165, 1.54) is 24.1 Å². The number of methoxy groups -OCH3 is 1. The third kappa shape index (κ3) is 6.09. The quantitative estimate of drug-likeness (QED) is 0.617. The van der Waals surface area contributed by atoms with E-state index >= 15 is 0 Å². The summed E-state index contributed by atoms with van der Waals surface area (Å²) in [5.74, 6) is -0.766. The summed E-state index contributed by atoms with van der Waals surface area (Å²) in [5, 5.41) is 0. The first-order valence-electron chi connectivity index (χ1n) is 11.5. The SMILES string of the molecule is COc1ccc(C(=O)N2CC(=O)N(CC3CCOCC3)C[C@@H](OCc3cccnc3)C2)cc1F. The van der Waals surface area contributed by atoms with E-state index < -0.39 is 17.8 Å². The number of hydrogen-bond acceptors (Lipinski definition) is 6. The van der Waals surface area contributed by atoms with Crippen molar-refractivity contribution in [2.24, 2.45) is 5.92 Å². The molecular formula is C25H30FN3O5. The van der Waals surface area contributed by atoms with Crippen molar-refractivity contribution in [3.8, 4) is 5.75 Å². The maximum absolute atomic E-state index is 14.2. The van der Waals surface area contributed by atoms with Gasteiger partial charge in [0.1, 0.15) is 6.54 Å². The molecule has 2 amide bonds. The van der Waals surface area contributed by atoms with Crippen LogP contribution in [-0.2, 0) is 20.9 Å². The number of rotatable bonds is 7. The molecule has 8 nitrogen and oxygen atoms in total. The third-order valence-electron chi connectivity index (χ3n) is 6.24. The molecule has 0 aliphatic carbocycles. The van der Waals surface area contributed by atoms with Crippen molar-refractivity contribution in [1.82, 2.24) is 14.8 Å². The van der Waals surface area contributed by atoms with Crippen molar-refractivity contribution >= 4 is 11.8 Å². The molecule has 2 fully saturated rings. The van der Waals surface area contributed by atoms with E-state index in [1.807, 2.05) is 12.1 Å². The van der Waals surface area contributed by atoms with E-state index in [0.717, 1.165) is 24.5 Å². The molecular weight excluding hydrogens is 441 g/mol. The van der Waals surface area contributed by atoms with E-state index in [2.05, 4.69) is 4.98 Å². The zero-order valence-corrected chi connectivity index (χ0v) is 19.3. The van der Waals surface area contributed by atoms with Gasteiger partial charge in [-0.15, -0.1) is 0 Å². The zero-order chi connectivity index (χ0) is 23.9. The number of pyridine rings is 1. The molecule has 2 aliphatic heterocycles. The summed E-state index contributed by atoms with van der Waals surface area (Å²) in [5.41, 5.74) is 1.07. The average molecular weight is 472 g/mol. The Bertz CT molecular complexity index is 984. The van der Waals surface area contributed by atoms with Crippen LogP contribution in [0.4, 0.5) is 4.39 Å². The minimum Gasteiger partial charge on any atom is -0.494 e. The van der Waals surface area contributed by atoms with Gasteiger partial charge in [0.25, 0.3) is 5.91 Å². The largest absolute Gasteiger partial charge is 0.494 e. The Balaban J connectivity index is 1.51. The summed E-state index contributed by atoms with van der Waals surface area (Å²) in [6, 6.07) is 7.81. The second-order valence-corrected chi connectivity index (χ2v) is 8.68. The van der Waals surface area contributed by atoms with Gasteiger partial charge < -0.3 is 24.0 Å². The van der Waals surface area contributed by atoms with E-state index in [-0.39, 0.29) is 30.3 Å². The molecule has 0 spiro atoms. The standard InChI is InChI=1S/C25H30FN3O5/c1-32-23-5-4-20(11-22(23)26)25(31)29-15-21(34-17-19-3-2-8-27-12-19)14-28(24(30)16-29)13-18-6-9-33-10-7-18/h2-5,8,11-12,18,21H,6-7,9-10,13-17H2,1H3/t21-/m1/s1. The van der Waals surface area contributed by atoms with Crippen molar-refractivity contribution in [3.63, 3.8) is 0 Å². The lowest BCUT2D eigenvalue weighted by Crippen LogP contribution is -2.42. The Hall–Kier alpha value is -3.04. The van der Waals surface area contributed by atoms with Gasteiger partial charge in [0.2, 0.25) is 5.91 Å². The monoisotopic (exact) mass is 471 g/mol. The summed E-state index contributed by atoms with van der Waals surface area (Å²) >= 11 is 0. The molecule has 182 valence electrons. The van der Waals surface area contributed by atoms with Gasteiger partial charge in [-0.25, -0.2) is 4.39 Å². The van der Waals surface area contributed by atoms with Crippen molar-refractivity contribution < 1.29 is 28.2 Å². The number of ether oxygens (including phenoxy) is 3. The summed E-state index contributed by atoms with van der Waals surface area (Å²) in [4.78, 5) is 33.7. The summed E-state index contributed by atoms with van der Waals surface area (Å²) in [7, 11) is 1.37. The summed E-state index contributed by atoms with van der Waals surface area (Å²) in [6.07, 6.45) is 4.83. The number of aromatic nitrogens is 1. The van der Waals surface area contributed by atoms with Gasteiger partial charge in [-0.1, -0.05) is 6.07 Å². The first-order chi connectivity index (χ1) is 16.5. The number of benzene rings is 1. The van der Waals surface area contributed by atoms with Crippen LogP contribution in [0.5, 0.6) is 5.75 Å². The fourth-order valence-electron chi connectivity index (χ4n) is 4.34. The van der Waals surface area contributed by atoms with Crippen molar-refractivity contribution in [2.75, 3.05) is 46.5 Å². The van der Waals surface area contributed by atoms with Gasteiger partial charge in [0, 0.05) is 50.8 Å². The van der Waals surface area contributed by atoms with Crippen LogP contribution in [0.3, 0.4) is 0 Å². The van der Waals surface area contributed by atoms with Crippen LogP contribution in [0.25, 0.3) is 0 Å². The predicted octanol–water partition coefficient (Wildman–Crippen LogP) is 2.53. The molecule has 1 aromatic carbocycles. The molecule has 1 aromatic heterocycles. The van der Waals surface area contributed by atoms with Crippen molar-refractivity contribution in [2.45, 2.75) is 25.6 Å². The normalized spacial score (nSPS) is 19.7. The van der Waals surface area contributed by atoms with E-state index in [9.17, 15) is 14.0 Å². The van der Waals surface area contributed by atoms with Crippen LogP contribution in [0.15, 0.2) is 42.7 Å². The highest BCUT2D eigenvalue weighted by atomic mass is 19.1. The fourth-order valence-corrected chi connectivity index (χ4v) is 4.34. The number of carbonyl (C=O) groups excluding carboxylic acids is 2. The van der Waals surface area contributed by atoms with E-state index in [0.29, 0.717) is 38.8 Å². The maximum Gasteiger partial charge on any atom is 0.254 e. The Kier molecular flexibility index (Phi) is 8.08. The lowest BCUT2D eigenvalue weighted by atomic mass is 9.99. The minimum absolute atomic E-state index is 0.0591. The van der Waals surface area contributed by atoms with Gasteiger partial charge in [-0.05, 0) is 48.6 Å². The molecule has 3 heterocycles. The van der Waals surface area contributed by atoms with Crippen LogP contribution in [0, 0.1) is 11.7 Å². The lowest BCUT2D eigenvalue weighted by molar-refractivity contribution is -0.132. The molecule has 0 bridgehead atoms. The molecule has 9 heteroatoms. The summed E-state index contributed by atoms with van der Waals surface area (Å²) < 4.78 is 30.8. The average Bonchev–Trinajstić information content (AvgIpc) is 3.02. The molecule has 2 aliphatic rings. The first kappa shape index (κ1) is 24.1. The van der Waals surface area contributed by atoms with Crippen LogP contribution in [0.1, 0.15) is 28.8 Å². The van der Waals surface area contributed by atoms with Crippen LogP contribution < -0.4 is 4.74 Å². The Morgan fingerprint density at radius 2 is 2.06 bits per heavy atom. The van der Waals surface area contributed by atoms with Gasteiger partial charge in [-0.3, -0.25) is 14.6 Å². The van der Waals surface area contributed by atoms with Gasteiger partial charge in [0.05, 0.1) is 19.8 Å². The van der Waals surface area contributed by atoms with Gasteiger partial charge in [-0.2, -0.15) is 0 Å². The molecule has 0 unspecified atom stereocenters. The van der Waals surface area contributed by atoms with Crippen LogP contribution >= 0.6 is 0 Å². The number of hydrogen-bond donors (Lipinski definition) is 0. The Morgan fingerprint density at radius 3 is 2.76 bits per heavy atom. The topological polar surface area (TPSA) is 81.2 Å². The van der Waals surface area contributed by atoms with Crippen molar-refractivity contribution in [3.05, 3.63) is 59.7 Å². The molecule has 0 saturated carbocycles. The molecule has 2 aromatic rings. The van der Waals surface area contributed by atoms with Crippen LogP contribution in [-0.4, -0.2) is 79.2 Å². The van der Waals surface area contributed by atoms with Crippen molar-refractivity contribution in [1.29, 1.82) is 0 Å². The third-order valence-corrected chi connectivity index (χ3v) is 6.24. The number of nitrogens with zero attached hydrogens (tertiary/aromatic N) is 3. The van der Waals surface area contributed by atoms with Crippen LogP contribution in [0.2, 0.25) is 0 Å². The first-order valence-corrected chi connectivity index (χ1v) is 11.5. The number of halogens is 1. The molecule has 0 radical (unpaired) electrons. The second kappa shape index (κ2) is 11.4. The number of amides is 2. The highest BCUT2D eigenvalue weighted by molar-refractivity contribution is 5.97. The second-order valence-electron chi connectivity index (χ2n) is 8.68. The smallest absolute Gasteiger partial charge is 0.254 e. The fraction of sp³-hybridized carbons (Fsp3) is 0.480. The zero-order valence-electron chi connectivity index (χ0n) is 19.3. The summed E-state index contributed by atoms with van der Waals surface area (Å²) in [6.45, 7) is 2.84. The molecule has 0 N–H and O–H groups in total. The minimum atomic E-state index is -0.625. The predicted molar refractivity (Wildman–Crippen MR) is 122 cm³/mol. The van der Waals surface area contributed by atoms with E-state index in [4.69, 9.17) is 14.2 Å². The highest BCUT2D eigenvalue weighted by Gasteiger charge is 2.33. The highest BCUT2D eigenvalue weighted by Crippen LogP contribution is 2.22. The lowest BCUT2D eigenvalue weighted by Gasteiger charge is -2.30. The van der Waals surface area contributed by atoms with Gasteiger partial charge in [0.15, 0.2) is 11.6 Å². The Morgan fingerprint density at radius 1 is 1.24 bits per heavy atom. The Labute approximate surface area is 198 Å². The molecule has 34 heavy (non-hydrogen) atoms. The van der Waals surface area contributed by atoms with E-state index in [1.54, 1.807) is 17.3 Å². The molecule has 4 rings (SSSR count). The maximum atomic E-state index is 14.2. The number of carbonyl (C=O) groups is 2.